The second-order valence-electron chi connectivity index (χ2n) is 4.61. The van der Waals surface area contributed by atoms with E-state index in [2.05, 4.69) is 10.1 Å². The zero-order valence-corrected chi connectivity index (χ0v) is 11.3. The average molecular weight is 259 g/mol. The van der Waals surface area contributed by atoms with Crippen molar-refractivity contribution in [2.75, 3.05) is 0 Å². The summed E-state index contributed by atoms with van der Waals surface area (Å²) in [5.74, 6) is -0.556. The van der Waals surface area contributed by atoms with E-state index in [4.69, 9.17) is 5.11 Å². The van der Waals surface area contributed by atoms with E-state index in [1.54, 1.807) is 4.68 Å². The Morgan fingerprint density at radius 2 is 2.11 bits per heavy atom. The van der Waals surface area contributed by atoms with Gasteiger partial charge < -0.3 is 5.11 Å². The van der Waals surface area contributed by atoms with Crippen LogP contribution in [0.1, 0.15) is 40.9 Å². The van der Waals surface area contributed by atoms with E-state index in [0.717, 1.165) is 23.2 Å². The first kappa shape index (κ1) is 13.3. The van der Waals surface area contributed by atoms with Gasteiger partial charge in [0, 0.05) is 6.42 Å². The number of carbonyl (C=O) groups is 1. The van der Waals surface area contributed by atoms with Gasteiger partial charge in [0.2, 0.25) is 0 Å². The number of hydrogen-bond acceptors (Lipinski definition) is 3. The van der Waals surface area contributed by atoms with Crippen LogP contribution in [0.25, 0.3) is 5.69 Å². The first-order chi connectivity index (χ1) is 9.02. The largest absolute Gasteiger partial charge is 0.475 e. The topological polar surface area (TPSA) is 68.0 Å². The van der Waals surface area contributed by atoms with Crippen molar-refractivity contribution in [3.63, 3.8) is 0 Å². The van der Waals surface area contributed by atoms with E-state index in [-0.39, 0.29) is 5.82 Å². The molecule has 0 radical (unpaired) electrons. The standard InChI is InChI=1S/C14H17N3O2/c1-4-5-12-15-13(14(18)19)16-17(12)11-8-9(2)6-7-10(11)3/h6-8H,4-5H2,1-3H3,(H,18,19). The van der Waals surface area contributed by atoms with Crippen LogP contribution in [-0.2, 0) is 6.42 Å². The first-order valence-electron chi connectivity index (χ1n) is 6.29. The van der Waals surface area contributed by atoms with Gasteiger partial charge in [-0.15, -0.1) is 5.10 Å². The smallest absolute Gasteiger partial charge is 0.375 e. The van der Waals surface area contributed by atoms with E-state index in [9.17, 15) is 4.79 Å². The lowest BCUT2D eigenvalue weighted by molar-refractivity contribution is 0.0683. The van der Waals surface area contributed by atoms with Crippen LogP contribution in [0, 0.1) is 13.8 Å². The van der Waals surface area contributed by atoms with Gasteiger partial charge >= 0.3 is 5.97 Å². The van der Waals surface area contributed by atoms with Gasteiger partial charge in [0.1, 0.15) is 5.82 Å². The number of carboxylic acids is 1. The van der Waals surface area contributed by atoms with Crippen molar-refractivity contribution in [3.8, 4) is 5.69 Å². The minimum absolute atomic E-state index is 0.149. The SMILES string of the molecule is CCCc1nc(C(=O)O)nn1-c1cc(C)ccc1C. The van der Waals surface area contributed by atoms with Gasteiger partial charge in [-0.3, -0.25) is 0 Å². The van der Waals surface area contributed by atoms with Crippen molar-refractivity contribution < 1.29 is 9.90 Å². The summed E-state index contributed by atoms with van der Waals surface area (Å²) in [7, 11) is 0. The minimum atomic E-state index is -1.10. The van der Waals surface area contributed by atoms with Crippen molar-refractivity contribution in [1.82, 2.24) is 14.8 Å². The van der Waals surface area contributed by atoms with Gasteiger partial charge in [0.25, 0.3) is 5.82 Å². The molecule has 5 nitrogen and oxygen atoms in total. The molecule has 0 aliphatic heterocycles. The third-order valence-electron chi connectivity index (χ3n) is 2.93. The fraction of sp³-hybridized carbons (Fsp3) is 0.357. The number of aromatic carboxylic acids is 1. The summed E-state index contributed by atoms with van der Waals surface area (Å²) in [6, 6.07) is 6.02. The molecule has 100 valence electrons. The molecule has 0 atom stereocenters. The first-order valence-corrected chi connectivity index (χ1v) is 6.29. The molecule has 2 rings (SSSR count). The van der Waals surface area contributed by atoms with Crippen molar-refractivity contribution in [2.45, 2.75) is 33.6 Å². The molecule has 5 heteroatoms. The molecule has 0 unspecified atom stereocenters. The molecular weight excluding hydrogens is 242 g/mol. The zero-order valence-electron chi connectivity index (χ0n) is 11.3. The minimum Gasteiger partial charge on any atom is -0.475 e. The van der Waals surface area contributed by atoms with Gasteiger partial charge in [-0.1, -0.05) is 19.1 Å². The summed E-state index contributed by atoms with van der Waals surface area (Å²) < 4.78 is 1.65. The average Bonchev–Trinajstić information content (AvgIpc) is 2.77. The van der Waals surface area contributed by atoms with E-state index >= 15 is 0 Å². The number of aromatic nitrogens is 3. The number of hydrogen-bond donors (Lipinski definition) is 1. The summed E-state index contributed by atoms with van der Waals surface area (Å²) in [6.45, 7) is 6.01. The third kappa shape index (κ3) is 2.65. The predicted octanol–water partition coefficient (Wildman–Crippen LogP) is 2.53. The zero-order chi connectivity index (χ0) is 14.0. The third-order valence-corrected chi connectivity index (χ3v) is 2.93. The lowest BCUT2D eigenvalue weighted by Crippen LogP contribution is -2.06. The Hall–Kier alpha value is -2.17. The Kier molecular flexibility index (Phi) is 3.64. The highest BCUT2D eigenvalue weighted by Gasteiger charge is 2.16. The molecule has 1 aromatic heterocycles. The number of nitrogens with zero attached hydrogens (tertiary/aromatic N) is 3. The maximum absolute atomic E-state index is 11.0. The second kappa shape index (κ2) is 5.22. The van der Waals surface area contributed by atoms with Crippen LogP contribution in [0.15, 0.2) is 18.2 Å². The monoisotopic (exact) mass is 259 g/mol. The quantitative estimate of drug-likeness (QED) is 0.916. The molecule has 0 aliphatic carbocycles. The number of aryl methyl sites for hydroxylation is 3. The molecule has 1 N–H and O–H groups in total. The molecule has 0 spiro atoms. The van der Waals surface area contributed by atoms with Gasteiger partial charge in [-0.05, 0) is 37.5 Å². The molecule has 0 saturated heterocycles. The molecule has 0 aliphatic rings. The Morgan fingerprint density at radius 3 is 2.74 bits per heavy atom. The Morgan fingerprint density at radius 1 is 1.37 bits per heavy atom. The molecule has 0 amide bonds. The van der Waals surface area contributed by atoms with Crippen LogP contribution >= 0.6 is 0 Å². The van der Waals surface area contributed by atoms with Crippen LogP contribution in [0.5, 0.6) is 0 Å². The Bertz CT molecular complexity index is 617. The van der Waals surface area contributed by atoms with Crippen LogP contribution < -0.4 is 0 Å². The second-order valence-corrected chi connectivity index (χ2v) is 4.61. The molecule has 1 aromatic carbocycles. The van der Waals surface area contributed by atoms with Crippen LogP contribution in [0.4, 0.5) is 0 Å². The van der Waals surface area contributed by atoms with E-state index in [1.807, 2.05) is 39.0 Å². The normalized spacial score (nSPS) is 10.7. The molecule has 0 bridgehead atoms. The van der Waals surface area contributed by atoms with Gasteiger partial charge in [-0.25, -0.2) is 14.5 Å². The van der Waals surface area contributed by atoms with Crippen LogP contribution in [0.2, 0.25) is 0 Å². The highest BCUT2D eigenvalue weighted by atomic mass is 16.4. The van der Waals surface area contributed by atoms with E-state index < -0.39 is 5.97 Å². The summed E-state index contributed by atoms with van der Waals surface area (Å²) in [6.07, 6.45) is 1.59. The lowest BCUT2D eigenvalue weighted by Gasteiger charge is -2.09. The highest BCUT2D eigenvalue weighted by molar-refractivity contribution is 5.83. The maximum atomic E-state index is 11.0. The van der Waals surface area contributed by atoms with Crippen LogP contribution in [0.3, 0.4) is 0 Å². The molecule has 0 fully saturated rings. The summed E-state index contributed by atoms with van der Waals surface area (Å²) in [4.78, 5) is 15.1. The summed E-state index contributed by atoms with van der Waals surface area (Å²) in [5.41, 5.74) is 3.05. The van der Waals surface area contributed by atoms with Crippen molar-refractivity contribution in [2.24, 2.45) is 0 Å². The van der Waals surface area contributed by atoms with E-state index in [0.29, 0.717) is 12.2 Å². The molecule has 1 heterocycles. The summed E-state index contributed by atoms with van der Waals surface area (Å²) >= 11 is 0. The van der Waals surface area contributed by atoms with Crippen molar-refractivity contribution in [1.29, 1.82) is 0 Å². The van der Waals surface area contributed by atoms with Gasteiger partial charge in [-0.2, -0.15) is 0 Å². The Balaban J connectivity index is 2.59. The molecule has 0 saturated carbocycles. The number of rotatable bonds is 4. The molecular formula is C14H17N3O2. The van der Waals surface area contributed by atoms with Gasteiger partial charge in [0.15, 0.2) is 0 Å². The number of carboxylic acid groups (broad SMARTS) is 1. The predicted molar refractivity (Wildman–Crippen MR) is 71.8 cm³/mol. The molecule has 2 aromatic rings. The fourth-order valence-electron chi connectivity index (χ4n) is 1.96. The Labute approximate surface area is 111 Å². The van der Waals surface area contributed by atoms with Crippen LogP contribution in [-0.4, -0.2) is 25.8 Å². The highest BCUT2D eigenvalue weighted by Crippen LogP contribution is 2.17. The summed E-state index contributed by atoms with van der Waals surface area (Å²) in [5, 5.41) is 13.1. The van der Waals surface area contributed by atoms with Crippen molar-refractivity contribution in [3.05, 3.63) is 41.0 Å². The van der Waals surface area contributed by atoms with Crippen molar-refractivity contribution >= 4 is 5.97 Å². The van der Waals surface area contributed by atoms with E-state index in [1.165, 1.54) is 0 Å². The molecule has 19 heavy (non-hydrogen) atoms. The van der Waals surface area contributed by atoms with Gasteiger partial charge in [0.05, 0.1) is 5.69 Å². The fourth-order valence-corrected chi connectivity index (χ4v) is 1.96. The number of benzene rings is 1. The maximum Gasteiger partial charge on any atom is 0.375 e. The lowest BCUT2D eigenvalue weighted by atomic mass is 10.1.